The van der Waals surface area contributed by atoms with E-state index in [1.54, 1.807) is 18.6 Å². The van der Waals surface area contributed by atoms with E-state index < -0.39 is 5.60 Å². The van der Waals surface area contributed by atoms with Crippen molar-refractivity contribution < 1.29 is 14.6 Å². The van der Waals surface area contributed by atoms with Crippen molar-refractivity contribution in [1.82, 2.24) is 15.0 Å². The average Bonchev–Trinajstić information content (AvgIpc) is 2.71. The monoisotopic (exact) mass is 418 g/mol. The topological polar surface area (TPSA) is 89.4 Å². The second-order valence-electron chi connectivity index (χ2n) is 8.14. The van der Waals surface area contributed by atoms with Crippen molar-refractivity contribution in [2.75, 3.05) is 18.5 Å². The molecule has 29 heavy (non-hydrogen) atoms. The lowest BCUT2D eigenvalue weighted by Gasteiger charge is -2.34. The number of halogens is 1. The van der Waals surface area contributed by atoms with Crippen molar-refractivity contribution >= 4 is 17.3 Å². The van der Waals surface area contributed by atoms with Gasteiger partial charge in [0.25, 0.3) is 0 Å². The molecule has 7 nitrogen and oxygen atoms in total. The molecule has 2 aliphatic rings. The van der Waals surface area contributed by atoms with Gasteiger partial charge < -0.3 is 19.9 Å². The maximum atomic E-state index is 10.2. The fourth-order valence-electron chi connectivity index (χ4n) is 3.84. The Kier molecular flexibility index (Phi) is 6.18. The van der Waals surface area contributed by atoms with Crippen LogP contribution in [0.4, 0.5) is 5.69 Å². The van der Waals surface area contributed by atoms with E-state index in [2.05, 4.69) is 20.3 Å². The summed E-state index contributed by atoms with van der Waals surface area (Å²) in [6.45, 7) is 3.34. The van der Waals surface area contributed by atoms with Crippen LogP contribution in [0.15, 0.2) is 24.7 Å². The Bertz CT molecular complexity index is 815. The van der Waals surface area contributed by atoms with Crippen LogP contribution in [-0.2, 0) is 4.74 Å². The highest BCUT2D eigenvalue weighted by Crippen LogP contribution is 2.33. The van der Waals surface area contributed by atoms with Gasteiger partial charge in [-0.25, -0.2) is 15.0 Å². The summed E-state index contributed by atoms with van der Waals surface area (Å²) in [6, 6.07) is 2.09. The minimum absolute atomic E-state index is 0.127. The SMILES string of the molecule is CC1(O)CCC(Nc2cc(Cl)ncc2-c2cnc(OC3CCOCC3)cn2)CC1. The predicted octanol–water partition coefficient (Wildman–Crippen LogP) is 3.86. The molecule has 3 heterocycles. The first-order valence-corrected chi connectivity index (χ1v) is 10.6. The fourth-order valence-corrected chi connectivity index (χ4v) is 4.00. The van der Waals surface area contributed by atoms with Crippen LogP contribution in [0.2, 0.25) is 5.15 Å². The van der Waals surface area contributed by atoms with Gasteiger partial charge in [0.15, 0.2) is 0 Å². The lowest BCUT2D eigenvalue weighted by molar-refractivity contribution is 0.0196. The Hall–Kier alpha value is -1.96. The number of hydrogen-bond acceptors (Lipinski definition) is 7. The highest BCUT2D eigenvalue weighted by Gasteiger charge is 2.29. The Morgan fingerprint density at radius 1 is 1.10 bits per heavy atom. The van der Waals surface area contributed by atoms with Crippen LogP contribution in [-0.4, -0.2) is 51.0 Å². The predicted molar refractivity (Wildman–Crippen MR) is 111 cm³/mol. The molecule has 0 spiro atoms. The maximum absolute atomic E-state index is 10.2. The Labute approximate surface area is 175 Å². The van der Waals surface area contributed by atoms with Gasteiger partial charge in [0.2, 0.25) is 5.88 Å². The molecule has 0 amide bonds. The van der Waals surface area contributed by atoms with Crippen LogP contribution in [0.1, 0.15) is 45.4 Å². The lowest BCUT2D eigenvalue weighted by Crippen LogP contribution is -2.35. The van der Waals surface area contributed by atoms with E-state index in [9.17, 15) is 5.11 Å². The quantitative estimate of drug-likeness (QED) is 0.712. The largest absolute Gasteiger partial charge is 0.473 e. The van der Waals surface area contributed by atoms with Crippen LogP contribution >= 0.6 is 11.6 Å². The normalized spacial score (nSPS) is 25.6. The van der Waals surface area contributed by atoms with Crippen LogP contribution in [0, 0.1) is 0 Å². The third-order valence-electron chi connectivity index (χ3n) is 5.65. The summed E-state index contributed by atoms with van der Waals surface area (Å²) >= 11 is 6.14. The van der Waals surface area contributed by atoms with E-state index in [1.807, 2.05) is 13.0 Å². The van der Waals surface area contributed by atoms with E-state index in [0.29, 0.717) is 16.7 Å². The Balaban J connectivity index is 1.47. The van der Waals surface area contributed by atoms with Crippen LogP contribution in [0.25, 0.3) is 11.3 Å². The summed E-state index contributed by atoms with van der Waals surface area (Å²) in [5.41, 5.74) is 1.86. The number of nitrogens with one attached hydrogen (secondary N) is 1. The number of pyridine rings is 1. The molecule has 1 saturated carbocycles. The first-order valence-electron chi connectivity index (χ1n) is 10.2. The number of aromatic nitrogens is 3. The summed E-state index contributed by atoms with van der Waals surface area (Å²) < 4.78 is 11.3. The smallest absolute Gasteiger partial charge is 0.232 e. The molecule has 8 heteroatoms. The zero-order valence-corrected chi connectivity index (χ0v) is 17.4. The van der Waals surface area contributed by atoms with Gasteiger partial charge >= 0.3 is 0 Å². The molecule has 2 fully saturated rings. The number of anilines is 1. The summed E-state index contributed by atoms with van der Waals surface area (Å²) in [4.78, 5) is 13.2. The standard InChI is InChI=1S/C21H27ClN4O3/c1-21(27)6-2-14(3-7-21)26-17-10-19(22)24-11-16(17)18-12-25-20(13-23-18)29-15-4-8-28-9-5-15/h10-15,27H,2-9H2,1H3,(H,24,26). The van der Waals surface area contributed by atoms with E-state index in [0.717, 1.165) is 63.0 Å². The van der Waals surface area contributed by atoms with Gasteiger partial charge in [-0.3, -0.25) is 0 Å². The first-order chi connectivity index (χ1) is 14.0. The molecule has 1 aliphatic carbocycles. The van der Waals surface area contributed by atoms with Crippen LogP contribution in [0.3, 0.4) is 0 Å². The molecule has 0 unspecified atom stereocenters. The molecule has 0 aromatic carbocycles. The maximum Gasteiger partial charge on any atom is 0.232 e. The number of hydrogen-bond donors (Lipinski definition) is 2. The number of nitrogens with zero attached hydrogens (tertiary/aromatic N) is 3. The van der Waals surface area contributed by atoms with E-state index in [1.165, 1.54) is 0 Å². The van der Waals surface area contributed by atoms with Crippen molar-refractivity contribution in [1.29, 1.82) is 0 Å². The lowest BCUT2D eigenvalue weighted by atomic mass is 9.83. The molecule has 0 atom stereocenters. The third kappa shape index (κ3) is 5.35. The molecule has 156 valence electrons. The van der Waals surface area contributed by atoms with Crippen molar-refractivity contribution in [3.63, 3.8) is 0 Å². The average molecular weight is 419 g/mol. The van der Waals surface area contributed by atoms with Gasteiger partial charge in [-0.1, -0.05) is 11.6 Å². The number of rotatable bonds is 5. The molecule has 0 bridgehead atoms. The van der Waals surface area contributed by atoms with Gasteiger partial charge in [-0.2, -0.15) is 0 Å². The minimum Gasteiger partial charge on any atom is -0.473 e. The molecule has 1 aliphatic heterocycles. The van der Waals surface area contributed by atoms with Gasteiger partial charge in [0.05, 0.1) is 36.9 Å². The third-order valence-corrected chi connectivity index (χ3v) is 5.86. The molecule has 1 saturated heterocycles. The first kappa shape index (κ1) is 20.3. The van der Waals surface area contributed by atoms with E-state index in [-0.39, 0.29) is 12.1 Å². The van der Waals surface area contributed by atoms with E-state index in [4.69, 9.17) is 21.1 Å². The van der Waals surface area contributed by atoms with Crippen molar-refractivity contribution in [2.24, 2.45) is 0 Å². The highest BCUT2D eigenvalue weighted by molar-refractivity contribution is 6.29. The minimum atomic E-state index is -0.567. The van der Waals surface area contributed by atoms with Crippen LogP contribution in [0.5, 0.6) is 5.88 Å². The van der Waals surface area contributed by atoms with Crippen molar-refractivity contribution in [3.8, 4) is 17.1 Å². The number of aliphatic hydroxyl groups is 1. The fraction of sp³-hybridized carbons (Fsp3) is 0.571. The summed E-state index contributed by atoms with van der Waals surface area (Å²) in [5.74, 6) is 0.520. The second kappa shape index (κ2) is 8.81. The molecule has 0 radical (unpaired) electrons. The molecule has 2 aromatic heterocycles. The summed E-state index contributed by atoms with van der Waals surface area (Å²) in [7, 11) is 0. The molecule has 2 N–H and O–H groups in total. The van der Waals surface area contributed by atoms with Gasteiger partial charge in [-0.05, 0) is 38.7 Å². The van der Waals surface area contributed by atoms with Gasteiger partial charge in [0, 0.05) is 36.3 Å². The highest BCUT2D eigenvalue weighted by atomic mass is 35.5. The second-order valence-corrected chi connectivity index (χ2v) is 8.52. The Morgan fingerprint density at radius 2 is 1.86 bits per heavy atom. The van der Waals surface area contributed by atoms with Crippen molar-refractivity contribution in [2.45, 2.75) is 63.2 Å². The Morgan fingerprint density at radius 3 is 2.55 bits per heavy atom. The summed E-state index contributed by atoms with van der Waals surface area (Å²) in [5, 5.41) is 14.2. The molecular weight excluding hydrogens is 392 g/mol. The molecule has 4 rings (SSSR count). The van der Waals surface area contributed by atoms with Gasteiger partial charge in [-0.15, -0.1) is 0 Å². The van der Waals surface area contributed by atoms with E-state index >= 15 is 0 Å². The van der Waals surface area contributed by atoms with Gasteiger partial charge in [0.1, 0.15) is 11.3 Å². The zero-order valence-electron chi connectivity index (χ0n) is 16.6. The molecule has 2 aromatic rings. The van der Waals surface area contributed by atoms with Crippen LogP contribution < -0.4 is 10.1 Å². The number of ether oxygens (including phenoxy) is 2. The zero-order chi connectivity index (χ0) is 20.3. The molecular formula is C21H27ClN4O3. The van der Waals surface area contributed by atoms with Crippen molar-refractivity contribution in [3.05, 3.63) is 29.8 Å². The summed E-state index contributed by atoms with van der Waals surface area (Å²) in [6.07, 6.45) is 10.3.